The second-order valence-electron chi connectivity index (χ2n) is 15.5. The van der Waals surface area contributed by atoms with Gasteiger partial charge in [0.05, 0.1) is 13.7 Å². The third kappa shape index (κ3) is 39.8. The van der Waals surface area contributed by atoms with Crippen molar-refractivity contribution in [2.24, 2.45) is 0 Å². The predicted octanol–water partition coefficient (Wildman–Crippen LogP) is 14.2. The quantitative estimate of drug-likeness (QED) is 0.0292. The molecule has 1 N–H and O–H groups in total. The number of nitrogens with zero attached hydrogens (tertiary/aromatic N) is 1. The van der Waals surface area contributed by atoms with Crippen LogP contribution in [0.25, 0.3) is 0 Å². The number of rotatable bonds is 41. The van der Waals surface area contributed by atoms with Gasteiger partial charge in [0.1, 0.15) is 0 Å². The first-order valence-electron chi connectivity index (χ1n) is 22.7. The molecule has 0 rings (SSSR count). The molecule has 0 aliphatic heterocycles. The van der Waals surface area contributed by atoms with Crippen LogP contribution < -0.4 is 0 Å². The maximum atomic E-state index is 11.6. The van der Waals surface area contributed by atoms with Crippen LogP contribution in [0, 0.1) is 0 Å². The van der Waals surface area contributed by atoms with Crippen molar-refractivity contribution >= 4 is 5.97 Å². The smallest absolute Gasteiger partial charge is 0.305 e. The molecule has 0 atom stereocenters. The van der Waals surface area contributed by atoms with Crippen molar-refractivity contribution in [3.05, 3.63) is 48.6 Å². The molecule has 0 unspecified atom stereocenters. The molecule has 0 aromatic carbocycles. The zero-order chi connectivity index (χ0) is 38.8. The highest BCUT2D eigenvalue weighted by Crippen LogP contribution is 2.25. The summed E-state index contributed by atoms with van der Waals surface area (Å²) in [6, 6.07) is 0. The van der Waals surface area contributed by atoms with Crippen LogP contribution in [-0.2, 0) is 14.3 Å². The average molecular weight is 744 g/mol. The Labute approximate surface area is 330 Å². The van der Waals surface area contributed by atoms with Gasteiger partial charge in [-0.25, -0.2) is 0 Å². The van der Waals surface area contributed by atoms with Gasteiger partial charge in [-0.2, -0.15) is 0 Å². The monoisotopic (exact) mass is 744 g/mol. The minimum Gasteiger partial charge on any atom is -0.469 e. The molecule has 0 radical (unpaired) electrons. The fraction of sp³-hybridized carbons (Fsp3) is 0.812. The number of hydrogen-bond acceptors (Lipinski definition) is 5. The van der Waals surface area contributed by atoms with Crippen LogP contribution in [0.4, 0.5) is 0 Å². The number of carbonyl (C=O) groups is 1. The van der Waals surface area contributed by atoms with Crippen molar-refractivity contribution in [2.75, 3.05) is 33.9 Å². The molecule has 0 saturated carbocycles. The molecule has 0 spiro atoms. The normalized spacial score (nSPS) is 12.6. The Balaban J connectivity index is 4.31. The van der Waals surface area contributed by atoms with Gasteiger partial charge in [0.2, 0.25) is 0 Å². The van der Waals surface area contributed by atoms with Crippen LogP contribution in [0.15, 0.2) is 48.6 Å². The van der Waals surface area contributed by atoms with Crippen molar-refractivity contribution in [3.63, 3.8) is 0 Å². The van der Waals surface area contributed by atoms with E-state index >= 15 is 0 Å². The van der Waals surface area contributed by atoms with E-state index in [2.05, 4.69) is 74.4 Å². The number of ether oxygens (including phenoxy) is 2. The second-order valence-corrected chi connectivity index (χ2v) is 15.5. The molecular formula is C48H89NO4. The van der Waals surface area contributed by atoms with E-state index in [4.69, 9.17) is 9.47 Å². The zero-order valence-corrected chi connectivity index (χ0v) is 35.8. The van der Waals surface area contributed by atoms with Crippen molar-refractivity contribution in [1.29, 1.82) is 0 Å². The summed E-state index contributed by atoms with van der Waals surface area (Å²) in [6.45, 7) is 7.10. The Morgan fingerprint density at radius 3 is 1.38 bits per heavy atom. The number of carbonyl (C=O) groups excluding carboxylic acids is 1. The number of esters is 1. The van der Waals surface area contributed by atoms with Crippen LogP contribution >= 0.6 is 0 Å². The van der Waals surface area contributed by atoms with Crippen molar-refractivity contribution in [1.82, 2.24) is 4.90 Å². The van der Waals surface area contributed by atoms with E-state index in [0.29, 0.717) is 13.0 Å². The maximum Gasteiger partial charge on any atom is 0.305 e. The van der Waals surface area contributed by atoms with Gasteiger partial charge in [-0.15, -0.1) is 0 Å². The summed E-state index contributed by atoms with van der Waals surface area (Å²) in [5.74, 6) is -1.11. The topological polar surface area (TPSA) is 59.0 Å². The van der Waals surface area contributed by atoms with Crippen LogP contribution in [0.1, 0.15) is 213 Å². The lowest BCUT2D eigenvalue weighted by Crippen LogP contribution is -2.33. The molecule has 53 heavy (non-hydrogen) atoms. The number of unbranched alkanes of at least 4 members (excludes halogenated alkanes) is 20. The fourth-order valence-corrected chi connectivity index (χ4v) is 6.69. The van der Waals surface area contributed by atoms with Gasteiger partial charge in [0.25, 0.3) is 0 Å². The Bertz CT molecular complexity index is 831. The van der Waals surface area contributed by atoms with Crippen LogP contribution in [0.2, 0.25) is 0 Å². The van der Waals surface area contributed by atoms with E-state index in [0.717, 1.165) is 77.3 Å². The molecule has 0 aromatic rings. The van der Waals surface area contributed by atoms with E-state index in [1.807, 2.05) is 0 Å². The van der Waals surface area contributed by atoms with E-state index in [1.165, 1.54) is 136 Å². The lowest BCUT2D eigenvalue weighted by atomic mass is 9.98. The third-order valence-corrected chi connectivity index (χ3v) is 10.2. The van der Waals surface area contributed by atoms with Gasteiger partial charge in [-0.05, 0) is 110 Å². The lowest BCUT2D eigenvalue weighted by Gasteiger charge is -2.29. The predicted molar refractivity (Wildman–Crippen MR) is 231 cm³/mol. The molecule has 0 saturated heterocycles. The Morgan fingerprint density at radius 2 is 0.925 bits per heavy atom. The van der Waals surface area contributed by atoms with Crippen LogP contribution in [0.3, 0.4) is 0 Å². The third-order valence-electron chi connectivity index (χ3n) is 10.2. The summed E-state index contributed by atoms with van der Waals surface area (Å²) in [5.41, 5.74) is 0. The average Bonchev–Trinajstić information content (AvgIpc) is 3.16. The Hall–Kier alpha value is -1.69. The largest absolute Gasteiger partial charge is 0.469 e. The standard InChI is InChI=1S/C48H89NO4/c1-5-7-9-11-13-15-17-19-21-23-25-27-29-31-33-37-42-48(51,53-46-40-45-49(3)44-39-35-36-41-47(50)52-4)43-38-34-32-30-28-26-24-22-20-18-16-14-12-10-8-6-2/h13-16,19-22,51H,5-12,17-18,23-46H2,1-4H3/b15-13-,16-14-,21-19-,22-20-. The van der Waals surface area contributed by atoms with E-state index in [1.54, 1.807) is 0 Å². The van der Waals surface area contributed by atoms with Crippen LogP contribution in [0.5, 0.6) is 0 Å². The highest BCUT2D eigenvalue weighted by atomic mass is 16.6. The molecular weight excluding hydrogens is 655 g/mol. The molecule has 0 amide bonds. The molecule has 310 valence electrons. The van der Waals surface area contributed by atoms with Gasteiger partial charge in [0.15, 0.2) is 5.79 Å². The van der Waals surface area contributed by atoms with Gasteiger partial charge in [0, 0.05) is 25.8 Å². The Kier molecular flexibility index (Phi) is 40.2. The number of hydrogen-bond donors (Lipinski definition) is 1. The summed E-state index contributed by atoms with van der Waals surface area (Å²) >= 11 is 0. The fourth-order valence-electron chi connectivity index (χ4n) is 6.69. The molecule has 0 heterocycles. The Morgan fingerprint density at radius 1 is 0.528 bits per heavy atom. The van der Waals surface area contributed by atoms with Gasteiger partial charge in [-0.1, -0.05) is 146 Å². The van der Waals surface area contributed by atoms with Gasteiger partial charge < -0.3 is 19.5 Å². The SMILES string of the molecule is CCCCC/C=C\C/C=C\CCCCCCCCC(O)(CCCCCCCC/C=C\C/C=C\CCCCC)OCCCN(C)CCCCCC(=O)OC. The summed E-state index contributed by atoms with van der Waals surface area (Å²) in [4.78, 5) is 13.6. The maximum absolute atomic E-state index is 11.6. The summed E-state index contributed by atoms with van der Waals surface area (Å²) in [6.07, 6.45) is 54.1. The highest BCUT2D eigenvalue weighted by Gasteiger charge is 2.26. The van der Waals surface area contributed by atoms with Crippen LogP contribution in [-0.4, -0.2) is 55.6 Å². The van der Waals surface area contributed by atoms with Gasteiger partial charge in [-0.3, -0.25) is 4.79 Å². The first kappa shape index (κ1) is 51.3. The van der Waals surface area contributed by atoms with Gasteiger partial charge >= 0.3 is 5.97 Å². The van der Waals surface area contributed by atoms with Crippen molar-refractivity contribution < 1.29 is 19.4 Å². The minimum absolute atomic E-state index is 0.117. The van der Waals surface area contributed by atoms with Crippen molar-refractivity contribution in [2.45, 2.75) is 219 Å². The van der Waals surface area contributed by atoms with E-state index in [9.17, 15) is 9.90 Å². The molecule has 0 aliphatic carbocycles. The molecule has 0 bridgehead atoms. The molecule has 0 aromatic heterocycles. The lowest BCUT2D eigenvalue weighted by molar-refractivity contribution is -0.214. The summed E-state index contributed by atoms with van der Waals surface area (Å²) in [5, 5.41) is 11.6. The van der Waals surface area contributed by atoms with E-state index < -0.39 is 5.79 Å². The minimum atomic E-state index is -0.989. The molecule has 0 fully saturated rings. The van der Waals surface area contributed by atoms with E-state index in [-0.39, 0.29) is 5.97 Å². The molecule has 5 heteroatoms. The highest BCUT2D eigenvalue weighted by molar-refractivity contribution is 5.68. The number of methoxy groups -OCH3 is 1. The number of allylic oxidation sites excluding steroid dienone is 8. The molecule has 5 nitrogen and oxygen atoms in total. The summed E-state index contributed by atoms with van der Waals surface area (Å²) < 4.78 is 11.0. The molecule has 0 aliphatic rings. The zero-order valence-electron chi connectivity index (χ0n) is 35.8. The first-order valence-corrected chi connectivity index (χ1v) is 22.7. The summed E-state index contributed by atoms with van der Waals surface area (Å²) in [7, 11) is 3.61. The number of aliphatic hydroxyl groups is 1. The second kappa shape index (κ2) is 41.5. The van der Waals surface area contributed by atoms with Crippen molar-refractivity contribution in [3.8, 4) is 0 Å². The first-order chi connectivity index (χ1) is 26.0.